The fourth-order valence-corrected chi connectivity index (χ4v) is 3.78. The monoisotopic (exact) mass is 486 g/mol. The molecule has 174 valence electrons. The number of hydrogen-bond acceptors (Lipinski definition) is 5. The van der Waals surface area contributed by atoms with E-state index in [9.17, 15) is 31.6 Å². The van der Waals surface area contributed by atoms with Crippen LogP contribution in [-0.2, 0) is 21.1 Å². The molecule has 0 bridgehead atoms. The lowest BCUT2D eigenvalue weighted by atomic mass is 10.1. The number of nitriles is 1. The van der Waals surface area contributed by atoms with Gasteiger partial charge in [-0.1, -0.05) is 42.0 Å². The molecule has 6 nitrogen and oxygen atoms in total. The summed E-state index contributed by atoms with van der Waals surface area (Å²) in [5.41, 5.74) is -0.636. The zero-order chi connectivity index (χ0) is 24.9. The summed E-state index contributed by atoms with van der Waals surface area (Å²) in [5.74, 6) is -1.11. The highest BCUT2D eigenvalue weighted by Crippen LogP contribution is 2.31. The van der Waals surface area contributed by atoms with Crippen LogP contribution in [0.4, 0.5) is 18.9 Å². The van der Waals surface area contributed by atoms with Crippen molar-refractivity contribution < 1.29 is 30.6 Å². The Labute approximate surface area is 194 Å². The fourth-order valence-electron chi connectivity index (χ4n) is 2.82. The van der Waals surface area contributed by atoms with Gasteiger partial charge in [0.05, 0.1) is 5.56 Å². The topological polar surface area (TPSA) is 96.3 Å². The average Bonchev–Trinajstić information content (AvgIpc) is 2.78. The second-order valence-corrected chi connectivity index (χ2v) is 8.64. The van der Waals surface area contributed by atoms with E-state index in [-0.39, 0.29) is 21.9 Å². The van der Waals surface area contributed by atoms with E-state index in [1.165, 1.54) is 42.5 Å². The van der Waals surface area contributed by atoms with Gasteiger partial charge in [-0.15, -0.1) is 0 Å². The van der Waals surface area contributed by atoms with Crippen LogP contribution in [0.25, 0.3) is 6.08 Å². The molecule has 0 heterocycles. The van der Waals surface area contributed by atoms with E-state index in [4.69, 9.17) is 4.18 Å². The molecule has 0 spiro atoms. The van der Waals surface area contributed by atoms with Crippen molar-refractivity contribution in [2.45, 2.75) is 18.0 Å². The lowest BCUT2D eigenvalue weighted by molar-refractivity contribution is -0.137. The van der Waals surface area contributed by atoms with Gasteiger partial charge in [0.25, 0.3) is 5.91 Å². The number of anilines is 1. The third-order valence-corrected chi connectivity index (χ3v) is 5.79. The van der Waals surface area contributed by atoms with Gasteiger partial charge >= 0.3 is 16.3 Å². The molecule has 3 aromatic rings. The number of halogens is 3. The first kappa shape index (κ1) is 24.5. The van der Waals surface area contributed by atoms with E-state index in [2.05, 4.69) is 5.32 Å². The van der Waals surface area contributed by atoms with E-state index in [1.54, 1.807) is 25.1 Å². The number of alkyl halides is 3. The molecule has 34 heavy (non-hydrogen) atoms. The second kappa shape index (κ2) is 9.80. The Morgan fingerprint density at radius 1 is 1.03 bits per heavy atom. The molecule has 0 aliphatic heterocycles. The number of nitrogens with zero attached hydrogens (tertiary/aromatic N) is 1. The summed E-state index contributed by atoms with van der Waals surface area (Å²) in [4.78, 5) is 12.4. The van der Waals surface area contributed by atoms with Gasteiger partial charge in [-0.2, -0.15) is 26.9 Å². The molecule has 3 aromatic carbocycles. The van der Waals surface area contributed by atoms with Gasteiger partial charge in [0.2, 0.25) is 0 Å². The number of nitrogens with one attached hydrogen (secondary N) is 1. The number of aryl methyl sites for hydroxylation is 1. The van der Waals surface area contributed by atoms with Crippen LogP contribution in [0.1, 0.15) is 16.7 Å². The molecule has 3 rings (SSSR count). The van der Waals surface area contributed by atoms with Crippen LogP contribution in [0.2, 0.25) is 0 Å². The third-order valence-electron chi connectivity index (χ3n) is 4.54. The number of para-hydroxylation sites is 1. The first-order chi connectivity index (χ1) is 16.0. The van der Waals surface area contributed by atoms with Gasteiger partial charge in [0.15, 0.2) is 0 Å². The number of amides is 1. The number of hydrogen-bond donors (Lipinski definition) is 1. The Balaban J connectivity index is 1.88. The van der Waals surface area contributed by atoms with Crippen LogP contribution in [0.3, 0.4) is 0 Å². The maximum Gasteiger partial charge on any atom is 0.416 e. The summed E-state index contributed by atoms with van der Waals surface area (Å²) < 4.78 is 69.2. The summed E-state index contributed by atoms with van der Waals surface area (Å²) in [6, 6.07) is 17.4. The summed E-state index contributed by atoms with van der Waals surface area (Å²) in [6.07, 6.45) is -3.52. The molecular weight excluding hydrogens is 469 g/mol. The van der Waals surface area contributed by atoms with E-state index in [0.717, 1.165) is 29.8 Å². The van der Waals surface area contributed by atoms with E-state index >= 15 is 0 Å². The van der Waals surface area contributed by atoms with Crippen LogP contribution in [0.5, 0.6) is 5.75 Å². The molecule has 0 fully saturated rings. The number of rotatable bonds is 6. The zero-order valence-corrected chi connectivity index (χ0v) is 18.4. The molecule has 0 radical (unpaired) electrons. The minimum Gasteiger partial charge on any atom is -0.378 e. The highest BCUT2D eigenvalue weighted by molar-refractivity contribution is 7.87. The Kier molecular flexibility index (Phi) is 7.08. The van der Waals surface area contributed by atoms with E-state index < -0.39 is 33.3 Å². The van der Waals surface area contributed by atoms with Gasteiger partial charge in [-0.05, 0) is 49.4 Å². The molecule has 1 amide bonds. The molecule has 10 heteroatoms. The summed E-state index contributed by atoms with van der Waals surface area (Å²) in [5, 5.41) is 11.7. The lowest BCUT2D eigenvalue weighted by Gasteiger charge is -2.11. The molecule has 0 aliphatic carbocycles. The van der Waals surface area contributed by atoms with E-state index in [1.807, 2.05) is 0 Å². The number of benzene rings is 3. The zero-order valence-electron chi connectivity index (χ0n) is 17.6. The molecular formula is C24H17F3N2O4S. The molecule has 0 atom stereocenters. The minimum absolute atomic E-state index is 0.0836. The van der Waals surface area contributed by atoms with Crippen LogP contribution in [-0.4, -0.2) is 14.3 Å². The summed E-state index contributed by atoms with van der Waals surface area (Å²) >= 11 is 0. The quantitative estimate of drug-likeness (QED) is 0.289. The largest absolute Gasteiger partial charge is 0.416 e. The van der Waals surface area contributed by atoms with Gasteiger partial charge in [0, 0.05) is 11.3 Å². The standard InChI is InChI=1S/C24H17F3N2O4S/c1-16-9-11-21(12-10-16)34(31,32)33-22-8-3-2-5-17(22)13-18(15-28)23(30)29-20-7-4-6-19(14-20)24(25,26)27/h2-14H,1H3,(H,29,30)/b18-13+. The molecule has 1 N–H and O–H groups in total. The van der Waals surface area contributed by atoms with Gasteiger partial charge in [-0.3, -0.25) is 4.79 Å². The van der Waals surface area contributed by atoms with Gasteiger partial charge in [-0.25, -0.2) is 0 Å². The molecule has 0 aliphatic rings. The van der Waals surface area contributed by atoms with Crippen LogP contribution >= 0.6 is 0 Å². The normalized spacial score (nSPS) is 12.0. The number of carbonyl (C=O) groups excluding carboxylic acids is 1. The van der Waals surface area contributed by atoms with Crippen molar-refractivity contribution in [1.29, 1.82) is 5.26 Å². The Hall–Kier alpha value is -4.10. The van der Waals surface area contributed by atoms with Crippen molar-refractivity contribution in [1.82, 2.24) is 0 Å². The SMILES string of the molecule is Cc1ccc(S(=O)(=O)Oc2ccccc2/C=C(\C#N)C(=O)Nc2cccc(C(F)(F)F)c2)cc1. The van der Waals surface area contributed by atoms with Crippen LogP contribution < -0.4 is 9.50 Å². The molecule has 0 saturated carbocycles. The molecule has 0 unspecified atom stereocenters. The van der Waals surface area contributed by atoms with E-state index in [0.29, 0.717) is 0 Å². The second-order valence-electron chi connectivity index (χ2n) is 7.09. The van der Waals surface area contributed by atoms with Crippen LogP contribution in [0.15, 0.2) is 83.3 Å². The minimum atomic E-state index is -4.60. The first-order valence-corrected chi connectivity index (χ1v) is 11.1. The predicted octanol–water partition coefficient (Wildman–Crippen LogP) is 5.33. The van der Waals surface area contributed by atoms with Crippen LogP contribution in [0, 0.1) is 18.3 Å². The predicted molar refractivity (Wildman–Crippen MR) is 119 cm³/mol. The van der Waals surface area contributed by atoms with Gasteiger partial charge < -0.3 is 9.50 Å². The maximum atomic E-state index is 12.9. The smallest absolute Gasteiger partial charge is 0.378 e. The van der Waals surface area contributed by atoms with Crippen molar-refractivity contribution in [2.75, 3.05) is 5.32 Å². The summed E-state index contributed by atoms with van der Waals surface area (Å²) in [6.45, 7) is 1.80. The average molecular weight is 486 g/mol. The molecule has 0 aromatic heterocycles. The highest BCUT2D eigenvalue weighted by atomic mass is 32.2. The van der Waals surface area contributed by atoms with Crippen molar-refractivity contribution in [2.24, 2.45) is 0 Å². The Morgan fingerprint density at radius 3 is 2.35 bits per heavy atom. The first-order valence-electron chi connectivity index (χ1n) is 9.70. The lowest BCUT2D eigenvalue weighted by Crippen LogP contribution is -2.15. The van der Waals surface area contributed by atoms with Crippen molar-refractivity contribution in [3.63, 3.8) is 0 Å². The number of carbonyl (C=O) groups is 1. The fraction of sp³-hybridized carbons (Fsp3) is 0.0833. The van der Waals surface area contributed by atoms with Gasteiger partial charge in [0.1, 0.15) is 22.3 Å². The third kappa shape index (κ3) is 6.02. The molecule has 0 saturated heterocycles. The highest BCUT2D eigenvalue weighted by Gasteiger charge is 2.30. The maximum absolute atomic E-state index is 12.9. The van der Waals surface area contributed by atoms with Crippen molar-refractivity contribution >= 4 is 27.8 Å². The summed E-state index contributed by atoms with van der Waals surface area (Å²) in [7, 11) is -4.20. The Bertz CT molecular complexity index is 1390. The van der Waals surface area contributed by atoms with Crippen molar-refractivity contribution in [3.8, 4) is 11.8 Å². The van der Waals surface area contributed by atoms with Crippen molar-refractivity contribution in [3.05, 3.63) is 95.1 Å². The Morgan fingerprint density at radius 2 is 1.71 bits per heavy atom.